The molecular weight excluding hydrogens is 210 g/mol. The Morgan fingerprint density at radius 1 is 1.18 bits per heavy atom. The van der Waals surface area contributed by atoms with Crippen molar-refractivity contribution < 1.29 is 0 Å². The van der Waals surface area contributed by atoms with E-state index in [2.05, 4.69) is 22.0 Å². The van der Waals surface area contributed by atoms with Gasteiger partial charge in [0.25, 0.3) is 0 Å². The SMILES string of the molecule is N#Cc1cc2ccccc2c(N2CCCC2)n1. The highest BCUT2D eigenvalue weighted by molar-refractivity contribution is 5.93. The molecule has 0 saturated carbocycles. The molecule has 1 aromatic heterocycles. The number of hydrogen-bond donors (Lipinski definition) is 0. The van der Waals surface area contributed by atoms with Gasteiger partial charge in [-0.2, -0.15) is 5.26 Å². The van der Waals surface area contributed by atoms with Crippen LogP contribution in [0.3, 0.4) is 0 Å². The zero-order valence-corrected chi connectivity index (χ0v) is 9.56. The first-order valence-corrected chi connectivity index (χ1v) is 5.93. The molecule has 2 aromatic rings. The Morgan fingerprint density at radius 3 is 2.71 bits per heavy atom. The molecule has 17 heavy (non-hydrogen) atoms. The summed E-state index contributed by atoms with van der Waals surface area (Å²) >= 11 is 0. The molecule has 0 spiro atoms. The van der Waals surface area contributed by atoms with E-state index in [-0.39, 0.29) is 0 Å². The van der Waals surface area contributed by atoms with E-state index >= 15 is 0 Å². The molecule has 1 saturated heterocycles. The number of benzene rings is 1. The Kier molecular flexibility index (Phi) is 2.41. The molecule has 1 aromatic carbocycles. The molecule has 1 aliphatic rings. The standard InChI is InChI=1S/C14H13N3/c15-10-12-9-11-5-1-2-6-13(11)14(16-12)17-7-3-4-8-17/h1-2,5-6,9H,3-4,7-8H2. The Balaban J connectivity index is 2.23. The van der Waals surface area contributed by atoms with Gasteiger partial charge in [0.15, 0.2) is 0 Å². The van der Waals surface area contributed by atoms with E-state index in [1.165, 1.54) is 12.8 Å². The lowest BCUT2D eigenvalue weighted by molar-refractivity contribution is 0.943. The van der Waals surface area contributed by atoms with Crippen LogP contribution >= 0.6 is 0 Å². The van der Waals surface area contributed by atoms with Gasteiger partial charge >= 0.3 is 0 Å². The minimum atomic E-state index is 0.505. The Labute approximate surface area is 100 Å². The van der Waals surface area contributed by atoms with Crippen LogP contribution in [-0.2, 0) is 0 Å². The van der Waals surface area contributed by atoms with Gasteiger partial charge in [0.2, 0.25) is 0 Å². The lowest BCUT2D eigenvalue weighted by Crippen LogP contribution is -2.19. The van der Waals surface area contributed by atoms with Gasteiger partial charge in [-0.05, 0) is 24.3 Å². The van der Waals surface area contributed by atoms with E-state index in [0.29, 0.717) is 5.69 Å². The Hall–Kier alpha value is -2.08. The van der Waals surface area contributed by atoms with Gasteiger partial charge in [0.1, 0.15) is 17.6 Å². The molecule has 0 radical (unpaired) electrons. The van der Waals surface area contributed by atoms with E-state index in [4.69, 9.17) is 5.26 Å². The quantitative estimate of drug-likeness (QED) is 0.746. The summed E-state index contributed by atoms with van der Waals surface area (Å²) < 4.78 is 0. The molecular formula is C14H13N3. The maximum Gasteiger partial charge on any atom is 0.143 e. The monoisotopic (exact) mass is 223 g/mol. The van der Waals surface area contributed by atoms with Crippen LogP contribution in [0.1, 0.15) is 18.5 Å². The summed E-state index contributed by atoms with van der Waals surface area (Å²) in [4.78, 5) is 6.75. The highest BCUT2D eigenvalue weighted by atomic mass is 15.2. The van der Waals surface area contributed by atoms with E-state index in [1.54, 1.807) is 0 Å². The number of pyridine rings is 1. The van der Waals surface area contributed by atoms with Gasteiger partial charge in [0.05, 0.1) is 0 Å². The number of nitriles is 1. The summed E-state index contributed by atoms with van der Waals surface area (Å²) in [7, 11) is 0. The first kappa shape index (κ1) is 10.1. The molecule has 0 aliphatic carbocycles. The van der Waals surface area contributed by atoms with Crippen molar-refractivity contribution in [2.75, 3.05) is 18.0 Å². The third kappa shape index (κ3) is 1.72. The first-order chi connectivity index (χ1) is 8.38. The molecule has 3 heteroatoms. The molecule has 0 atom stereocenters. The fraction of sp³-hybridized carbons (Fsp3) is 0.286. The first-order valence-electron chi connectivity index (χ1n) is 5.93. The summed E-state index contributed by atoms with van der Waals surface area (Å²) in [5.41, 5.74) is 0.505. The van der Waals surface area contributed by atoms with E-state index in [9.17, 15) is 0 Å². The number of anilines is 1. The van der Waals surface area contributed by atoms with Crippen molar-refractivity contribution >= 4 is 16.6 Å². The van der Waals surface area contributed by atoms with Crippen molar-refractivity contribution in [2.45, 2.75) is 12.8 Å². The molecule has 0 N–H and O–H groups in total. The molecule has 3 nitrogen and oxygen atoms in total. The van der Waals surface area contributed by atoms with E-state index < -0.39 is 0 Å². The van der Waals surface area contributed by atoms with Gasteiger partial charge in [-0.1, -0.05) is 24.3 Å². The molecule has 1 fully saturated rings. The van der Waals surface area contributed by atoms with Crippen LogP contribution in [0.15, 0.2) is 30.3 Å². The van der Waals surface area contributed by atoms with Crippen molar-refractivity contribution in [1.29, 1.82) is 5.26 Å². The van der Waals surface area contributed by atoms with Crippen molar-refractivity contribution in [2.24, 2.45) is 0 Å². The molecule has 0 amide bonds. The largest absolute Gasteiger partial charge is 0.356 e. The van der Waals surface area contributed by atoms with Gasteiger partial charge in [-0.15, -0.1) is 0 Å². The third-order valence-corrected chi connectivity index (χ3v) is 3.24. The van der Waals surface area contributed by atoms with Crippen LogP contribution in [0.4, 0.5) is 5.82 Å². The number of hydrogen-bond acceptors (Lipinski definition) is 3. The second kappa shape index (κ2) is 4.06. The smallest absolute Gasteiger partial charge is 0.143 e. The highest BCUT2D eigenvalue weighted by Gasteiger charge is 2.16. The van der Waals surface area contributed by atoms with Crippen LogP contribution in [0.25, 0.3) is 10.8 Å². The number of rotatable bonds is 1. The fourth-order valence-electron chi connectivity index (χ4n) is 2.41. The summed E-state index contributed by atoms with van der Waals surface area (Å²) in [5.74, 6) is 0.970. The van der Waals surface area contributed by atoms with Gasteiger partial charge in [-0.3, -0.25) is 0 Å². The normalized spacial score (nSPS) is 15.1. The zero-order chi connectivity index (χ0) is 11.7. The predicted octanol–water partition coefficient (Wildman–Crippen LogP) is 2.71. The maximum absolute atomic E-state index is 9.03. The Bertz CT molecular complexity index is 592. The van der Waals surface area contributed by atoms with Crippen LogP contribution in [0.2, 0.25) is 0 Å². The van der Waals surface area contributed by atoms with Crippen molar-refractivity contribution in [3.8, 4) is 6.07 Å². The van der Waals surface area contributed by atoms with Gasteiger partial charge in [-0.25, -0.2) is 4.98 Å². The average molecular weight is 223 g/mol. The topological polar surface area (TPSA) is 39.9 Å². The molecule has 0 unspecified atom stereocenters. The zero-order valence-electron chi connectivity index (χ0n) is 9.56. The summed E-state index contributed by atoms with van der Waals surface area (Å²) in [6.45, 7) is 2.09. The van der Waals surface area contributed by atoms with Gasteiger partial charge in [0, 0.05) is 18.5 Å². The molecule has 1 aliphatic heterocycles. The lowest BCUT2D eigenvalue weighted by Gasteiger charge is -2.18. The number of fused-ring (bicyclic) bond motifs is 1. The second-order valence-electron chi connectivity index (χ2n) is 4.36. The summed E-state index contributed by atoms with van der Waals surface area (Å²) in [6, 6.07) is 12.1. The van der Waals surface area contributed by atoms with Gasteiger partial charge < -0.3 is 4.90 Å². The summed E-state index contributed by atoms with van der Waals surface area (Å²) in [6.07, 6.45) is 2.43. The van der Waals surface area contributed by atoms with Crippen LogP contribution in [0, 0.1) is 11.3 Å². The fourth-order valence-corrected chi connectivity index (χ4v) is 2.41. The maximum atomic E-state index is 9.03. The number of nitrogens with zero attached hydrogens (tertiary/aromatic N) is 3. The second-order valence-corrected chi connectivity index (χ2v) is 4.36. The Morgan fingerprint density at radius 2 is 1.94 bits per heavy atom. The van der Waals surface area contributed by atoms with E-state index in [0.717, 1.165) is 29.7 Å². The molecule has 84 valence electrons. The highest BCUT2D eigenvalue weighted by Crippen LogP contribution is 2.27. The molecule has 0 bridgehead atoms. The predicted molar refractivity (Wildman–Crippen MR) is 67.9 cm³/mol. The minimum Gasteiger partial charge on any atom is -0.356 e. The molecule has 2 heterocycles. The molecule has 3 rings (SSSR count). The summed E-state index contributed by atoms with van der Waals surface area (Å²) in [5, 5.41) is 11.3. The third-order valence-electron chi connectivity index (χ3n) is 3.24. The number of aromatic nitrogens is 1. The van der Waals surface area contributed by atoms with Crippen LogP contribution in [-0.4, -0.2) is 18.1 Å². The minimum absolute atomic E-state index is 0.505. The van der Waals surface area contributed by atoms with Crippen LogP contribution < -0.4 is 4.90 Å². The van der Waals surface area contributed by atoms with Crippen LogP contribution in [0.5, 0.6) is 0 Å². The van der Waals surface area contributed by atoms with Crippen molar-refractivity contribution in [3.63, 3.8) is 0 Å². The average Bonchev–Trinajstić information content (AvgIpc) is 2.91. The van der Waals surface area contributed by atoms with Crippen molar-refractivity contribution in [3.05, 3.63) is 36.0 Å². The van der Waals surface area contributed by atoms with Crippen molar-refractivity contribution in [1.82, 2.24) is 4.98 Å². The van der Waals surface area contributed by atoms with E-state index in [1.807, 2.05) is 24.3 Å². The lowest BCUT2D eigenvalue weighted by atomic mass is 10.1.